The maximum absolute atomic E-state index is 4.16. The minimum absolute atomic E-state index is 1.09. The van der Waals surface area contributed by atoms with E-state index in [4.69, 9.17) is 0 Å². The molecule has 2 aromatic rings. The zero-order chi connectivity index (χ0) is 7.84. The smallest absolute Gasteiger partial charge is 0.0937 e. The van der Waals surface area contributed by atoms with Gasteiger partial charge in [0.2, 0.25) is 0 Å². The fourth-order valence-electron chi connectivity index (χ4n) is 0.966. The fraction of sp³-hybridized carbons (Fsp3) is 0. The number of hydrogen-bond donors (Lipinski definition) is 0. The van der Waals surface area contributed by atoms with Gasteiger partial charge in [-0.2, -0.15) is 5.10 Å². The van der Waals surface area contributed by atoms with Crippen molar-refractivity contribution >= 4 is 44.0 Å². The van der Waals surface area contributed by atoms with E-state index in [-0.39, 0.29) is 0 Å². The summed E-state index contributed by atoms with van der Waals surface area (Å²) in [4.78, 5) is 0. The van der Waals surface area contributed by atoms with Gasteiger partial charge in [0, 0.05) is 10.7 Å². The van der Waals surface area contributed by atoms with Gasteiger partial charge in [-0.25, -0.2) is 4.52 Å². The number of fused-ring (bicyclic) bond motifs is 1. The van der Waals surface area contributed by atoms with Crippen LogP contribution in [0.25, 0.3) is 5.52 Å². The van der Waals surface area contributed by atoms with Crippen LogP contribution in [0.4, 0.5) is 0 Å². The van der Waals surface area contributed by atoms with E-state index < -0.39 is 0 Å². The predicted molar refractivity (Wildman–Crippen MR) is 55.6 cm³/mol. The van der Waals surface area contributed by atoms with Crippen molar-refractivity contribution in [2.75, 3.05) is 0 Å². The SMILES string of the molecule is Brc1cccn2ncc(I)c12. The summed E-state index contributed by atoms with van der Waals surface area (Å²) in [6.07, 6.45) is 3.78. The van der Waals surface area contributed by atoms with E-state index in [2.05, 4.69) is 43.6 Å². The Hall–Kier alpha value is -0.100. The minimum atomic E-state index is 1.09. The largest absolute Gasteiger partial charge is 0.239 e. The van der Waals surface area contributed by atoms with E-state index in [0.29, 0.717) is 0 Å². The fourth-order valence-corrected chi connectivity index (χ4v) is 2.55. The first-order chi connectivity index (χ1) is 5.29. The number of pyridine rings is 1. The van der Waals surface area contributed by atoms with Crippen LogP contribution in [0.3, 0.4) is 0 Å². The Morgan fingerprint density at radius 1 is 1.55 bits per heavy atom. The van der Waals surface area contributed by atoms with Gasteiger partial charge in [-0.15, -0.1) is 0 Å². The molecular weight excluding hydrogens is 319 g/mol. The molecule has 0 aliphatic heterocycles. The van der Waals surface area contributed by atoms with E-state index in [0.717, 1.165) is 13.6 Å². The van der Waals surface area contributed by atoms with Gasteiger partial charge in [-0.3, -0.25) is 0 Å². The Kier molecular flexibility index (Phi) is 1.88. The maximum atomic E-state index is 4.16. The van der Waals surface area contributed by atoms with Crippen molar-refractivity contribution in [1.29, 1.82) is 0 Å². The average molecular weight is 323 g/mol. The van der Waals surface area contributed by atoms with E-state index in [1.807, 2.05) is 29.0 Å². The highest BCUT2D eigenvalue weighted by Gasteiger charge is 2.02. The zero-order valence-electron chi connectivity index (χ0n) is 5.46. The Morgan fingerprint density at radius 3 is 3.09 bits per heavy atom. The molecule has 0 bridgehead atoms. The van der Waals surface area contributed by atoms with Crippen molar-refractivity contribution in [1.82, 2.24) is 9.61 Å². The molecule has 0 aliphatic carbocycles. The Balaban J connectivity index is 2.96. The van der Waals surface area contributed by atoms with Crippen molar-refractivity contribution < 1.29 is 0 Å². The molecule has 2 rings (SSSR count). The van der Waals surface area contributed by atoms with Gasteiger partial charge in [0.15, 0.2) is 0 Å². The van der Waals surface area contributed by atoms with Crippen LogP contribution in [0.5, 0.6) is 0 Å². The van der Waals surface area contributed by atoms with Gasteiger partial charge in [0.25, 0.3) is 0 Å². The second-order valence-electron chi connectivity index (χ2n) is 2.14. The summed E-state index contributed by atoms with van der Waals surface area (Å²) in [6, 6.07) is 3.97. The predicted octanol–water partition coefficient (Wildman–Crippen LogP) is 2.70. The maximum Gasteiger partial charge on any atom is 0.0937 e. The summed E-state index contributed by atoms with van der Waals surface area (Å²) in [5.41, 5.74) is 1.13. The van der Waals surface area contributed by atoms with Crippen molar-refractivity contribution in [3.05, 3.63) is 32.6 Å². The third kappa shape index (κ3) is 1.18. The molecule has 0 saturated heterocycles. The molecular formula is C7H4BrIN2. The second kappa shape index (κ2) is 2.75. The van der Waals surface area contributed by atoms with Gasteiger partial charge < -0.3 is 0 Å². The van der Waals surface area contributed by atoms with Crippen LogP contribution in [-0.2, 0) is 0 Å². The van der Waals surface area contributed by atoms with Gasteiger partial charge in [0.1, 0.15) is 0 Å². The van der Waals surface area contributed by atoms with Crippen LogP contribution >= 0.6 is 38.5 Å². The van der Waals surface area contributed by atoms with Crippen LogP contribution in [0.15, 0.2) is 29.0 Å². The second-order valence-corrected chi connectivity index (χ2v) is 4.16. The molecule has 0 amide bonds. The Morgan fingerprint density at radius 2 is 2.36 bits per heavy atom. The van der Waals surface area contributed by atoms with Crippen molar-refractivity contribution in [3.63, 3.8) is 0 Å². The number of hydrogen-bond acceptors (Lipinski definition) is 1. The first kappa shape index (κ1) is 7.54. The zero-order valence-corrected chi connectivity index (χ0v) is 9.20. The van der Waals surface area contributed by atoms with Crippen LogP contribution in [0.2, 0.25) is 0 Å². The summed E-state index contributed by atoms with van der Waals surface area (Å²) < 4.78 is 4.10. The molecule has 2 heterocycles. The van der Waals surface area contributed by atoms with E-state index in [1.165, 1.54) is 0 Å². The third-order valence-corrected chi connectivity index (χ3v) is 2.88. The lowest BCUT2D eigenvalue weighted by Gasteiger charge is -1.94. The first-order valence-electron chi connectivity index (χ1n) is 3.06. The number of nitrogens with zero attached hydrogens (tertiary/aromatic N) is 2. The summed E-state index contributed by atoms with van der Waals surface area (Å²) >= 11 is 5.73. The number of aromatic nitrogens is 2. The molecule has 2 nitrogen and oxygen atoms in total. The molecule has 0 radical (unpaired) electrons. The summed E-state index contributed by atoms with van der Waals surface area (Å²) in [6.45, 7) is 0. The van der Waals surface area contributed by atoms with Gasteiger partial charge >= 0.3 is 0 Å². The van der Waals surface area contributed by atoms with E-state index >= 15 is 0 Å². The lowest BCUT2D eigenvalue weighted by molar-refractivity contribution is 0.958. The summed E-state index contributed by atoms with van der Waals surface area (Å²) in [7, 11) is 0. The molecule has 0 aromatic carbocycles. The lowest BCUT2D eigenvalue weighted by atomic mass is 10.4. The molecule has 0 N–H and O–H groups in total. The first-order valence-corrected chi connectivity index (χ1v) is 4.93. The quantitative estimate of drug-likeness (QED) is 0.682. The topological polar surface area (TPSA) is 17.3 Å². The van der Waals surface area contributed by atoms with Crippen molar-refractivity contribution in [2.45, 2.75) is 0 Å². The molecule has 0 aliphatic rings. The molecule has 0 saturated carbocycles. The third-order valence-electron chi connectivity index (χ3n) is 1.45. The number of halogens is 2. The lowest BCUT2D eigenvalue weighted by Crippen LogP contribution is -1.84. The van der Waals surface area contributed by atoms with Crippen LogP contribution in [-0.4, -0.2) is 9.61 Å². The van der Waals surface area contributed by atoms with Crippen molar-refractivity contribution in [3.8, 4) is 0 Å². The number of rotatable bonds is 0. The highest BCUT2D eigenvalue weighted by Crippen LogP contribution is 2.21. The van der Waals surface area contributed by atoms with E-state index in [9.17, 15) is 0 Å². The molecule has 0 unspecified atom stereocenters. The molecule has 0 atom stereocenters. The standard InChI is InChI=1S/C7H4BrIN2/c8-5-2-1-3-11-7(5)6(9)4-10-11/h1-4H. The monoisotopic (exact) mass is 322 g/mol. The summed E-state index contributed by atoms with van der Waals surface area (Å²) in [5.74, 6) is 0. The minimum Gasteiger partial charge on any atom is -0.239 e. The Labute approximate surface area is 85.9 Å². The van der Waals surface area contributed by atoms with E-state index in [1.54, 1.807) is 0 Å². The molecule has 56 valence electrons. The molecule has 11 heavy (non-hydrogen) atoms. The van der Waals surface area contributed by atoms with Crippen LogP contribution < -0.4 is 0 Å². The van der Waals surface area contributed by atoms with Crippen LogP contribution in [0, 0.1) is 3.57 Å². The Bertz CT molecular complexity index is 396. The average Bonchev–Trinajstić information content (AvgIpc) is 2.34. The van der Waals surface area contributed by atoms with Gasteiger partial charge in [-0.05, 0) is 50.7 Å². The van der Waals surface area contributed by atoms with Crippen molar-refractivity contribution in [2.24, 2.45) is 0 Å². The summed E-state index contributed by atoms with van der Waals surface area (Å²) in [5, 5.41) is 4.16. The van der Waals surface area contributed by atoms with Crippen LogP contribution in [0.1, 0.15) is 0 Å². The highest BCUT2D eigenvalue weighted by molar-refractivity contribution is 14.1. The molecule has 2 aromatic heterocycles. The molecule has 4 heteroatoms. The highest BCUT2D eigenvalue weighted by atomic mass is 127. The molecule has 0 spiro atoms. The normalized spacial score (nSPS) is 10.7. The van der Waals surface area contributed by atoms with Gasteiger partial charge in [-0.1, -0.05) is 0 Å². The van der Waals surface area contributed by atoms with Gasteiger partial charge in [0.05, 0.1) is 15.3 Å². The molecule has 0 fully saturated rings.